The number of nitrogens with zero attached hydrogens (tertiary/aromatic N) is 1. The van der Waals surface area contributed by atoms with Gasteiger partial charge in [-0.25, -0.2) is 0 Å². The van der Waals surface area contributed by atoms with Crippen LogP contribution in [0.25, 0.3) is 0 Å². The number of aliphatic hydroxyl groups is 2. The smallest absolute Gasteiger partial charge is 0.222 e. The molecule has 1 saturated heterocycles. The molecule has 2 fully saturated rings. The molecule has 4 heteroatoms. The Morgan fingerprint density at radius 2 is 2.00 bits per heavy atom. The Hall–Kier alpha value is -1.91. The molecule has 0 radical (unpaired) electrons. The molecule has 4 rings (SSSR count). The summed E-state index contributed by atoms with van der Waals surface area (Å²) < 4.78 is 0. The summed E-state index contributed by atoms with van der Waals surface area (Å²) in [7, 11) is 0. The van der Waals surface area contributed by atoms with E-state index in [1.165, 1.54) is 30.4 Å². The van der Waals surface area contributed by atoms with E-state index in [0.29, 0.717) is 30.6 Å². The largest absolute Gasteiger partial charge is 0.392 e. The summed E-state index contributed by atoms with van der Waals surface area (Å²) in [6.07, 6.45) is 16.8. The molecule has 1 aromatic carbocycles. The summed E-state index contributed by atoms with van der Waals surface area (Å²) in [6.45, 7) is 3.98. The van der Waals surface area contributed by atoms with Gasteiger partial charge in [-0.1, -0.05) is 60.1 Å². The van der Waals surface area contributed by atoms with Gasteiger partial charge in [-0.3, -0.25) is 4.79 Å². The minimum atomic E-state index is -0.519. The standard InChI is InChI=1S/C30H43NO3/c1-22-9-8-11-23(17-22)19-26(32)13-14-27-28-20-24(18-25(28)21-29(27)33)10-4-2-5-12-30(34)31-15-6-3-7-16-31/h8-9,11,13-14,17-18,25-29,32-33H,2-7,10,12,15-16,19-21H2,1H3/t25-,26+,27+,28-,29+/m0/s1. The molecule has 5 atom stereocenters. The van der Waals surface area contributed by atoms with Gasteiger partial charge in [0, 0.05) is 31.8 Å². The Balaban J connectivity index is 1.17. The van der Waals surface area contributed by atoms with E-state index in [2.05, 4.69) is 42.2 Å². The Morgan fingerprint density at radius 3 is 2.79 bits per heavy atom. The monoisotopic (exact) mass is 465 g/mol. The quantitative estimate of drug-likeness (QED) is 0.361. The van der Waals surface area contributed by atoms with Crippen molar-refractivity contribution in [2.75, 3.05) is 13.1 Å². The van der Waals surface area contributed by atoms with Crippen LogP contribution in [0.5, 0.6) is 0 Å². The molecule has 4 nitrogen and oxygen atoms in total. The van der Waals surface area contributed by atoms with E-state index in [0.717, 1.165) is 57.2 Å². The van der Waals surface area contributed by atoms with E-state index < -0.39 is 6.10 Å². The number of carbonyl (C=O) groups is 1. The van der Waals surface area contributed by atoms with E-state index in [-0.39, 0.29) is 12.0 Å². The lowest BCUT2D eigenvalue weighted by molar-refractivity contribution is -0.132. The second-order valence-electron chi connectivity index (χ2n) is 10.9. The van der Waals surface area contributed by atoms with Crippen LogP contribution < -0.4 is 0 Å². The number of piperidine rings is 1. The van der Waals surface area contributed by atoms with Crippen molar-refractivity contribution >= 4 is 5.91 Å². The second kappa shape index (κ2) is 12.2. The SMILES string of the molecule is Cc1cccc(C[C@H](O)C=C[C@@H]2[C@H]3CC(CCCCCC(=O)N4CCCCC4)=C[C@H]3C[C@H]2O)c1. The molecule has 1 aromatic rings. The average molecular weight is 466 g/mol. The van der Waals surface area contributed by atoms with Crippen LogP contribution in [0.1, 0.15) is 75.3 Å². The molecule has 1 amide bonds. The zero-order chi connectivity index (χ0) is 23.9. The third kappa shape index (κ3) is 6.82. The highest BCUT2D eigenvalue weighted by molar-refractivity contribution is 5.76. The van der Waals surface area contributed by atoms with Gasteiger partial charge in [0.1, 0.15) is 0 Å². The van der Waals surface area contributed by atoms with Gasteiger partial charge in [0.2, 0.25) is 5.91 Å². The Bertz CT molecular complexity index is 870. The van der Waals surface area contributed by atoms with E-state index in [1.54, 1.807) is 0 Å². The first-order valence-corrected chi connectivity index (χ1v) is 13.6. The molecule has 0 aromatic heterocycles. The number of likely N-dealkylation sites (tertiary alicyclic amines) is 1. The van der Waals surface area contributed by atoms with Crippen molar-refractivity contribution in [3.8, 4) is 0 Å². The van der Waals surface area contributed by atoms with Crippen LogP contribution in [0.15, 0.2) is 48.1 Å². The van der Waals surface area contributed by atoms with Gasteiger partial charge in [-0.15, -0.1) is 0 Å². The van der Waals surface area contributed by atoms with Crippen molar-refractivity contribution < 1.29 is 15.0 Å². The minimum absolute atomic E-state index is 0.132. The highest BCUT2D eigenvalue weighted by Gasteiger charge is 2.43. The lowest BCUT2D eigenvalue weighted by atomic mass is 9.88. The predicted molar refractivity (Wildman–Crippen MR) is 137 cm³/mol. The number of hydrogen-bond acceptors (Lipinski definition) is 3. The van der Waals surface area contributed by atoms with Crippen LogP contribution in [0.2, 0.25) is 0 Å². The maximum atomic E-state index is 12.3. The van der Waals surface area contributed by atoms with Gasteiger partial charge in [-0.05, 0) is 75.7 Å². The lowest BCUT2D eigenvalue weighted by Gasteiger charge is -2.26. The fraction of sp³-hybridized carbons (Fsp3) is 0.633. The van der Waals surface area contributed by atoms with E-state index in [1.807, 2.05) is 12.1 Å². The zero-order valence-electron chi connectivity index (χ0n) is 20.9. The van der Waals surface area contributed by atoms with Crippen molar-refractivity contribution in [1.29, 1.82) is 0 Å². The first kappa shape index (κ1) is 25.2. The summed E-state index contributed by atoms with van der Waals surface area (Å²) in [5, 5.41) is 21.1. The van der Waals surface area contributed by atoms with Gasteiger partial charge in [0.05, 0.1) is 12.2 Å². The molecule has 1 saturated carbocycles. The summed E-state index contributed by atoms with van der Waals surface area (Å²) >= 11 is 0. The first-order chi connectivity index (χ1) is 16.5. The third-order valence-corrected chi connectivity index (χ3v) is 8.13. The highest BCUT2D eigenvalue weighted by atomic mass is 16.3. The molecule has 2 N–H and O–H groups in total. The molecular weight excluding hydrogens is 422 g/mol. The average Bonchev–Trinajstić information content (AvgIpc) is 3.34. The fourth-order valence-electron chi connectivity index (χ4n) is 6.30. The molecule has 0 spiro atoms. The summed E-state index contributed by atoms with van der Waals surface area (Å²) in [6, 6.07) is 8.28. The Morgan fingerprint density at radius 1 is 1.18 bits per heavy atom. The predicted octanol–water partition coefficient (Wildman–Crippen LogP) is 5.36. The lowest BCUT2D eigenvalue weighted by Crippen LogP contribution is -2.35. The van der Waals surface area contributed by atoms with Crippen LogP contribution in [-0.2, 0) is 11.2 Å². The molecule has 186 valence electrons. The van der Waals surface area contributed by atoms with Crippen molar-refractivity contribution in [1.82, 2.24) is 4.90 Å². The first-order valence-electron chi connectivity index (χ1n) is 13.6. The van der Waals surface area contributed by atoms with Crippen LogP contribution in [-0.4, -0.2) is 46.3 Å². The normalized spacial score (nSPS) is 27.7. The van der Waals surface area contributed by atoms with Crippen LogP contribution in [0.4, 0.5) is 0 Å². The number of aliphatic hydroxyl groups excluding tert-OH is 2. The molecule has 0 unspecified atom stereocenters. The Labute approximate surface area is 205 Å². The molecule has 3 aliphatic rings. The van der Waals surface area contributed by atoms with Crippen molar-refractivity contribution in [2.24, 2.45) is 17.8 Å². The Kier molecular flexibility index (Phi) is 9.02. The number of hydrogen-bond donors (Lipinski definition) is 2. The van der Waals surface area contributed by atoms with Gasteiger partial charge in [0.15, 0.2) is 0 Å². The van der Waals surface area contributed by atoms with Crippen molar-refractivity contribution in [3.05, 3.63) is 59.2 Å². The molecular formula is C30H43NO3. The third-order valence-electron chi connectivity index (χ3n) is 8.13. The minimum Gasteiger partial charge on any atom is -0.392 e. The number of rotatable bonds is 10. The highest BCUT2D eigenvalue weighted by Crippen LogP contribution is 2.48. The van der Waals surface area contributed by atoms with Gasteiger partial charge < -0.3 is 15.1 Å². The number of unbranched alkanes of at least 4 members (excludes halogenated alkanes) is 2. The summed E-state index contributed by atoms with van der Waals surface area (Å²) in [5.74, 6) is 1.41. The number of aryl methyl sites for hydroxylation is 1. The number of fused-ring (bicyclic) bond motifs is 1. The van der Waals surface area contributed by atoms with Crippen molar-refractivity contribution in [2.45, 2.75) is 89.8 Å². The van der Waals surface area contributed by atoms with Crippen LogP contribution in [0, 0.1) is 24.7 Å². The topological polar surface area (TPSA) is 60.8 Å². The van der Waals surface area contributed by atoms with E-state index in [4.69, 9.17) is 0 Å². The van der Waals surface area contributed by atoms with Gasteiger partial charge >= 0.3 is 0 Å². The van der Waals surface area contributed by atoms with E-state index in [9.17, 15) is 15.0 Å². The maximum absolute atomic E-state index is 12.3. The number of allylic oxidation sites excluding steroid dienone is 2. The number of benzene rings is 1. The number of amides is 1. The van der Waals surface area contributed by atoms with Crippen molar-refractivity contribution in [3.63, 3.8) is 0 Å². The second-order valence-corrected chi connectivity index (χ2v) is 10.9. The molecule has 1 heterocycles. The van der Waals surface area contributed by atoms with Gasteiger partial charge in [0.25, 0.3) is 0 Å². The summed E-state index contributed by atoms with van der Waals surface area (Å²) in [5.41, 5.74) is 3.88. The molecule has 34 heavy (non-hydrogen) atoms. The number of carbonyl (C=O) groups excluding carboxylic acids is 1. The van der Waals surface area contributed by atoms with Crippen LogP contribution in [0.3, 0.4) is 0 Å². The van der Waals surface area contributed by atoms with Gasteiger partial charge in [-0.2, -0.15) is 0 Å². The molecule has 1 aliphatic heterocycles. The van der Waals surface area contributed by atoms with Crippen LogP contribution >= 0.6 is 0 Å². The summed E-state index contributed by atoms with van der Waals surface area (Å²) in [4.78, 5) is 14.4. The molecule has 0 bridgehead atoms. The van der Waals surface area contributed by atoms with E-state index >= 15 is 0 Å². The fourth-order valence-corrected chi connectivity index (χ4v) is 6.30. The maximum Gasteiger partial charge on any atom is 0.222 e. The molecule has 2 aliphatic carbocycles. The zero-order valence-corrected chi connectivity index (χ0v) is 20.9.